The van der Waals surface area contributed by atoms with E-state index in [1.165, 1.54) is 0 Å². The third kappa shape index (κ3) is 4.00. The highest BCUT2D eigenvalue weighted by Crippen LogP contribution is 2.10. The Labute approximate surface area is 95.3 Å². The maximum absolute atomic E-state index is 11.5. The molecule has 0 atom stereocenters. The molecule has 0 bridgehead atoms. The molecule has 0 saturated heterocycles. The van der Waals surface area contributed by atoms with Crippen molar-refractivity contribution in [1.82, 2.24) is 0 Å². The smallest absolute Gasteiger partial charge is 0.326 e. The van der Waals surface area contributed by atoms with Crippen molar-refractivity contribution in [3.63, 3.8) is 0 Å². The number of carbonyl (C=O) groups excluding carboxylic acids is 1. The second kappa shape index (κ2) is 5.09. The van der Waals surface area contributed by atoms with Gasteiger partial charge in [0.15, 0.2) is 0 Å². The summed E-state index contributed by atoms with van der Waals surface area (Å²) < 4.78 is 0. The molecule has 0 radical (unpaired) electrons. The minimum Gasteiger partial charge on any atom is -0.326 e. The van der Waals surface area contributed by atoms with Gasteiger partial charge in [0.25, 0.3) is 0 Å². The van der Waals surface area contributed by atoms with Crippen molar-refractivity contribution < 1.29 is 14.6 Å². The van der Waals surface area contributed by atoms with E-state index in [0.29, 0.717) is 12.1 Å². The van der Waals surface area contributed by atoms with Crippen LogP contribution in [0, 0.1) is 0 Å². The zero-order valence-corrected chi connectivity index (χ0v) is 9.82. The summed E-state index contributed by atoms with van der Waals surface area (Å²) in [5.41, 5.74) is 6.36. The first-order valence-electron chi connectivity index (χ1n) is 5.11. The molecule has 0 aliphatic heterocycles. The van der Waals surface area contributed by atoms with Gasteiger partial charge in [-0.3, -0.25) is 4.89 Å². The highest BCUT2D eigenvalue weighted by Gasteiger charge is 2.16. The summed E-state index contributed by atoms with van der Waals surface area (Å²) in [6, 6.07) is 6.90. The van der Waals surface area contributed by atoms with Gasteiger partial charge in [-0.1, -0.05) is 12.1 Å². The molecule has 0 amide bonds. The standard InChI is InChI=1S/C12H17NO3/c1-12(2,3)16-15-11(14)10-6-4-9(8-13)5-7-10/h4-7H,8,13H2,1-3H3. The molecule has 88 valence electrons. The molecule has 1 aromatic carbocycles. The molecule has 1 rings (SSSR count). The Morgan fingerprint density at radius 1 is 1.25 bits per heavy atom. The van der Waals surface area contributed by atoms with Gasteiger partial charge in [0, 0.05) is 6.54 Å². The van der Waals surface area contributed by atoms with Gasteiger partial charge in [-0.25, -0.2) is 4.79 Å². The summed E-state index contributed by atoms with van der Waals surface area (Å²) in [6.07, 6.45) is 0. The third-order valence-corrected chi connectivity index (χ3v) is 1.79. The zero-order chi connectivity index (χ0) is 12.2. The normalized spacial score (nSPS) is 11.2. The van der Waals surface area contributed by atoms with Crippen molar-refractivity contribution in [2.75, 3.05) is 0 Å². The van der Waals surface area contributed by atoms with Gasteiger partial charge in [0.05, 0.1) is 5.56 Å². The second-order valence-electron chi connectivity index (χ2n) is 4.47. The average Bonchev–Trinajstić information content (AvgIpc) is 2.25. The SMILES string of the molecule is CC(C)(C)OOC(=O)c1ccc(CN)cc1. The van der Waals surface area contributed by atoms with E-state index >= 15 is 0 Å². The van der Waals surface area contributed by atoms with Crippen LogP contribution < -0.4 is 5.73 Å². The fraction of sp³-hybridized carbons (Fsp3) is 0.417. The first kappa shape index (κ1) is 12.7. The van der Waals surface area contributed by atoms with Crippen LogP contribution in [0.25, 0.3) is 0 Å². The van der Waals surface area contributed by atoms with E-state index < -0.39 is 11.6 Å². The van der Waals surface area contributed by atoms with Crippen molar-refractivity contribution in [3.05, 3.63) is 35.4 Å². The number of benzene rings is 1. The molecular formula is C12H17NO3. The summed E-state index contributed by atoms with van der Waals surface area (Å²) in [5, 5.41) is 0. The summed E-state index contributed by atoms with van der Waals surface area (Å²) in [7, 11) is 0. The quantitative estimate of drug-likeness (QED) is 0.629. The van der Waals surface area contributed by atoms with E-state index in [9.17, 15) is 4.79 Å². The maximum Gasteiger partial charge on any atom is 0.373 e. The first-order chi connectivity index (χ1) is 7.42. The second-order valence-corrected chi connectivity index (χ2v) is 4.47. The number of carbonyl (C=O) groups is 1. The van der Waals surface area contributed by atoms with Crippen LogP contribution in [0.1, 0.15) is 36.7 Å². The van der Waals surface area contributed by atoms with Gasteiger partial charge in [-0.2, -0.15) is 4.89 Å². The number of rotatable bonds is 3. The van der Waals surface area contributed by atoms with E-state index in [2.05, 4.69) is 0 Å². The van der Waals surface area contributed by atoms with Crippen molar-refractivity contribution in [2.24, 2.45) is 5.73 Å². The largest absolute Gasteiger partial charge is 0.373 e. The minimum absolute atomic E-state index is 0.446. The highest BCUT2D eigenvalue weighted by atomic mass is 17.2. The molecule has 4 heteroatoms. The van der Waals surface area contributed by atoms with Crippen LogP contribution in [0.3, 0.4) is 0 Å². The molecule has 0 spiro atoms. The van der Waals surface area contributed by atoms with Crippen LogP contribution in [-0.4, -0.2) is 11.6 Å². The van der Waals surface area contributed by atoms with Gasteiger partial charge < -0.3 is 5.73 Å². The monoisotopic (exact) mass is 223 g/mol. The molecule has 0 heterocycles. The van der Waals surface area contributed by atoms with Crippen LogP contribution in [-0.2, 0) is 16.3 Å². The molecule has 0 fully saturated rings. The predicted octanol–water partition coefficient (Wildman–Crippen LogP) is 2.03. The number of hydrogen-bond acceptors (Lipinski definition) is 4. The summed E-state index contributed by atoms with van der Waals surface area (Å²) in [5.74, 6) is -0.501. The Balaban J connectivity index is 2.59. The Bertz CT molecular complexity index is 352. The molecule has 1 aromatic rings. The molecule has 2 N–H and O–H groups in total. The van der Waals surface area contributed by atoms with E-state index in [-0.39, 0.29) is 0 Å². The van der Waals surface area contributed by atoms with Crippen LogP contribution >= 0.6 is 0 Å². The summed E-state index contributed by atoms with van der Waals surface area (Å²) in [6.45, 7) is 5.86. The van der Waals surface area contributed by atoms with E-state index in [1.54, 1.807) is 45.0 Å². The van der Waals surface area contributed by atoms with Crippen LogP contribution in [0.2, 0.25) is 0 Å². The van der Waals surface area contributed by atoms with Gasteiger partial charge in [-0.15, -0.1) is 0 Å². The lowest BCUT2D eigenvalue weighted by Crippen LogP contribution is -2.21. The number of nitrogens with two attached hydrogens (primary N) is 1. The van der Waals surface area contributed by atoms with Crippen molar-refractivity contribution in [2.45, 2.75) is 32.9 Å². The molecule has 0 aliphatic rings. The molecule has 0 aromatic heterocycles. The van der Waals surface area contributed by atoms with Gasteiger partial charge in [0.2, 0.25) is 0 Å². The van der Waals surface area contributed by atoms with Crippen molar-refractivity contribution in [3.8, 4) is 0 Å². The molecule has 0 unspecified atom stereocenters. The van der Waals surface area contributed by atoms with E-state index in [1.807, 2.05) is 0 Å². The summed E-state index contributed by atoms with van der Waals surface area (Å²) >= 11 is 0. The fourth-order valence-corrected chi connectivity index (χ4v) is 0.988. The predicted molar refractivity (Wildman–Crippen MR) is 60.6 cm³/mol. The van der Waals surface area contributed by atoms with Gasteiger partial charge >= 0.3 is 5.97 Å². The lowest BCUT2D eigenvalue weighted by Gasteiger charge is -2.16. The Morgan fingerprint density at radius 2 is 1.81 bits per heavy atom. The van der Waals surface area contributed by atoms with Crippen molar-refractivity contribution in [1.29, 1.82) is 0 Å². The van der Waals surface area contributed by atoms with Crippen LogP contribution in [0.15, 0.2) is 24.3 Å². The molecular weight excluding hydrogens is 206 g/mol. The molecule has 0 aliphatic carbocycles. The Kier molecular flexibility index (Phi) is 4.04. The third-order valence-electron chi connectivity index (χ3n) is 1.79. The fourth-order valence-electron chi connectivity index (χ4n) is 0.988. The molecule has 4 nitrogen and oxygen atoms in total. The van der Waals surface area contributed by atoms with Gasteiger partial charge in [0.1, 0.15) is 5.60 Å². The topological polar surface area (TPSA) is 61.5 Å². The zero-order valence-electron chi connectivity index (χ0n) is 9.82. The average molecular weight is 223 g/mol. The Morgan fingerprint density at radius 3 is 2.25 bits per heavy atom. The van der Waals surface area contributed by atoms with Crippen molar-refractivity contribution >= 4 is 5.97 Å². The minimum atomic E-state index is -0.507. The molecule has 16 heavy (non-hydrogen) atoms. The van der Waals surface area contributed by atoms with Crippen LogP contribution in [0.5, 0.6) is 0 Å². The first-order valence-corrected chi connectivity index (χ1v) is 5.11. The number of hydrogen-bond donors (Lipinski definition) is 1. The molecule has 0 saturated carbocycles. The van der Waals surface area contributed by atoms with E-state index in [0.717, 1.165) is 5.56 Å². The lowest BCUT2D eigenvalue weighted by molar-refractivity contribution is -0.301. The van der Waals surface area contributed by atoms with Gasteiger partial charge in [-0.05, 0) is 38.5 Å². The van der Waals surface area contributed by atoms with E-state index in [4.69, 9.17) is 15.5 Å². The maximum atomic E-state index is 11.5. The highest BCUT2D eigenvalue weighted by molar-refractivity contribution is 5.88. The van der Waals surface area contributed by atoms with Crippen LogP contribution in [0.4, 0.5) is 0 Å². The Hall–Kier alpha value is -1.39. The summed E-state index contributed by atoms with van der Waals surface area (Å²) in [4.78, 5) is 21.1. The lowest BCUT2D eigenvalue weighted by atomic mass is 10.1.